The molecule has 1 saturated carbocycles. The van der Waals surface area contributed by atoms with Crippen LogP contribution in [0.5, 0.6) is 0 Å². The predicted octanol–water partition coefficient (Wildman–Crippen LogP) is 3.13. The van der Waals surface area contributed by atoms with Crippen LogP contribution in [0.3, 0.4) is 0 Å². The Balaban J connectivity index is 2.08. The van der Waals surface area contributed by atoms with Crippen molar-refractivity contribution in [3.05, 3.63) is 11.4 Å². The maximum absolute atomic E-state index is 4.53. The number of rotatable bonds is 6. The van der Waals surface area contributed by atoms with Crippen LogP contribution in [-0.2, 0) is 0 Å². The van der Waals surface area contributed by atoms with Gasteiger partial charge >= 0.3 is 0 Å². The smallest absolute Gasteiger partial charge is 0.134 e. The van der Waals surface area contributed by atoms with Crippen LogP contribution in [0.25, 0.3) is 0 Å². The minimum atomic E-state index is 0.618. The second kappa shape index (κ2) is 5.55. The molecule has 1 heterocycles. The molecule has 1 aliphatic rings. The molecule has 100 valence electrons. The lowest BCUT2D eigenvalue weighted by molar-refractivity contribution is 0.691. The molecule has 18 heavy (non-hydrogen) atoms. The van der Waals surface area contributed by atoms with Gasteiger partial charge in [-0.05, 0) is 39.5 Å². The van der Waals surface area contributed by atoms with Crippen molar-refractivity contribution >= 4 is 11.6 Å². The fourth-order valence-electron chi connectivity index (χ4n) is 2.40. The second-order valence-corrected chi connectivity index (χ2v) is 5.16. The number of hydrogen-bond donors (Lipinski definition) is 2. The molecule has 0 amide bonds. The molecule has 0 radical (unpaired) electrons. The van der Waals surface area contributed by atoms with E-state index in [2.05, 4.69) is 41.4 Å². The van der Waals surface area contributed by atoms with Gasteiger partial charge in [-0.1, -0.05) is 13.3 Å². The SMILES string of the molecule is CCCC1CC1Nc1nc(C)nc(NCC)c1C. The number of hydrogen-bond acceptors (Lipinski definition) is 4. The zero-order chi connectivity index (χ0) is 13.1. The predicted molar refractivity (Wildman–Crippen MR) is 76.1 cm³/mol. The molecule has 2 rings (SSSR count). The molecule has 1 aromatic rings. The first kappa shape index (κ1) is 13.1. The van der Waals surface area contributed by atoms with Crippen molar-refractivity contribution in [2.24, 2.45) is 5.92 Å². The van der Waals surface area contributed by atoms with Gasteiger partial charge in [0.1, 0.15) is 17.5 Å². The Kier molecular flexibility index (Phi) is 4.04. The van der Waals surface area contributed by atoms with Crippen LogP contribution in [-0.4, -0.2) is 22.6 Å². The normalized spacial score (nSPS) is 21.8. The Hall–Kier alpha value is -1.32. The third kappa shape index (κ3) is 2.92. The lowest BCUT2D eigenvalue weighted by Gasteiger charge is -2.13. The fourth-order valence-corrected chi connectivity index (χ4v) is 2.40. The highest BCUT2D eigenvalue weighted by Gasteiger charge is 2.36. The van der Waals surface area contributed by atoms with E-state index in [0.717, 1.165) is 35.5 Å². The van der Waals surface area contributed by atoms with Gasteiger partial charge in [-0.2, -0.15) is 0 Å². The largest absolute Gasteiger partial charge is 0.370 e. The molecule has 0 saturated heterocycles. The van der Waals surface area contributed by atoms with Gasteiger partial charge in [0, 0.05) is 18.2 Å². The van der Waals surface area contributed by atoms with E-state index in [9.17, 15) is 0 Å². The van der Waals surface area contributed by atoms with Gasteiger partial charge in [-0.3, -0.25) is 0 Å². The lowest BCUT2D eigenvalue weighted by Crippen LogP contribution is -2.12. The van der Waals surface area contributed by atoms with E-state index < -0.39 is 0 Å². The fraction of sp³-hybridized carbons (Fsp3) is 0.714. The zero-order valence-electron chi connectivity index (χ0n) is 11.9. The molecule has 0 aromatic carbocycles. The van der Waals surface area contributed by atoms with Crippen molar-refractivity contribution in [2.45, 2.75) is 53.0 Å². The Bertz CT molecular complexity index is 417. The van der Waals surface area contributed by atoms with Gasteiger partial charge in [-0.25, -0.2) is 9.97 Å². The minimum Gasteiger partial charge on any atom is -0.370 e. The van der Waals surface area contributed by atoms with Crippen LogP contribution in [0.4, 0.5) is 11.6 Å². The summed E-state index contributed by atoms with van der Waals surface area (Å²) in [5.41, 5.74) is 1.13. The van der Waals surface area contributed by atoms with E-state index in [1.165, 1.54) is 19.3 Å². The van der Waals surface area contributed by atoms with E-state index in [-0.39, 0.29) is 0 Å². The van der Waals surface area contributed by atoms with Gasteiger partial charge in [0.15, 0.2) is 0 Å². The molecule has 1 fully saturated rings. The summed E-state index contributed by atoms with van der Waals surface area (Å²) in [6.45, 7) is 9.25. The number of nitrogens with zero attached hydrogens (tertiary/aromatic N) is 2. The molecule has 1 aromatic heterocycles. The Morgan fingerprint density at radius 2 is 1.89 bits per heavy atom. The van der Waals surface area contributed by atoms with Gasteiger partial charge < -0.3 is 10.6 Å². The molecular formula is C14H24N4. The first-order chi connectivity index (χ1) is 8.65. The molecule has 4 nitrogen and oxygen atoms in total. The summed E-state index contributed by atoms with van der Waals surface area (Å²) in [4.78, 5) is 8.97. The monoisotopic (exact) mass is 248 g/mol. The Morgan fingerprint density at radius 3 is 2.56 bits per heavy atom. The topological polar surface area (TPSA) is 49.8 Å². The van der Waals surface area contributed by atoms with Crippen LogP contribution < -0.4 is 10.6 Å². The van der Waals surface area contributed by atoms with E-state index in [1.54, 1.807) is 0 Å². The van der Waals surface area contributed by atoms with E-state index in [0.29, 0.717) is 6.04 Å². The summed E-state index contributed by atoms with van der Waals surface area (Å²) in [5.74, 6) is 3.63. The summed E-state index contributed by atoms with van der Waals surface area (Å²) in [7, 11) is 0. The van der Waals surface area contributed by atoms with Crippen molar-refractivity contribution in [1.82, 2.24) is 9.97 Å². The molecule has 0 bridgehead atoms. The maximum Gasteiger partial charge on any atom is 0.134 e. The number of anilines is 2. The average Bonchev–Trinajstić information content (AvgIpc) is 3.04. The first-order valence-corrected chi connectivity index (χ1v) is 7.01. The van der Waals surface area contributed by atoms with Gasteiger partial charge in [0.25, 0.3) is 0 Å². The van der Waals surface area contributed by atoms with Crippen molar-refractivity contribution < 1.29 is 0 Å². The lowest BCUT2D eigenvalue weighted by atomic mass is 10.2. The number of aromatic nitrogens is 2. The third-order valence-corrected chi connectivity index (χ3v) is 3.51. The summed E-state index contributed by atoms with van der Waals surface area (Å²) >= 11 is 0. The van der Waals surface area contributed by atoms with Crippen LogP contribution in [0.2, 0.25) is 0 Å². The van der Waals surface area contributed by atoms with Crippen molar-refractivity contribution in [3.63, 3.8) is 0 Å². The van der Waals surface area contributed by atoms with Crippen LogP contribution in [0.1, 0.15) is 44.5 Å². The number of nitrogens with one attached hydrogen (secondary N) is 2. The maximum atomic E-state index is 4.53. The van der Waals surface area contributed by atoms with E-state index in [4.69, 9.17) is 0 Å². The molecule has 0 spiro atoms. The number of aryl methyl sites for hydroxylation is 1. The van der Waals surface area contributed by atoms with Gasteiger partial charge in [0.05, 0.1) is 0 Å². The molecule has 2 N–H and O–H groups in total. The van der Waals surface area contributed by atoms with Crippen molar-refractivity contribution in [2.75, 3.05) is 17.2 Å². The van der Waals surface area contributed by atoms with Crippen LogP contribution in [0.15, 0.2) is 0 Å². The zero-order valence-corrected chi connectivity index (χ0v) is 11.9. The van der Waals surface area contributed by atoms with Crippen molar-refractivity contribution in [1.29, 1.82) is 0 Å². The van der Waals surface area contributed by atoms with Crippen molar-refractivity contribution in [3.8, 4) is 0 Å². The molecule has 2 unspecified atom stereocenters. The highest BCUT2D eigenvalue weighted by Crippen LogP contribution is 2.37. The highest BCUT2D eigenvalue weighted by molar-refractivity contribution is 5.58. The van der Waals surface area contributed by atoms with Crippen LogP contribution >= 0.6 is 0 Å². The second-order valence-electron chi connectivity index (χ2n) is 5.16. The Morgan fingerprint density at radius 1 is 1.17 bits per heavy atom. The molecule has 2 atom stereocenters. The minimum absolute atomic E-state index is 0.618. The average molecular weight is 248 g/mol. The summed E-state index contributed by atoms with van der Waals surface area (Å²) in [6, 6.07) is 0.618. The van der Waals surface area contributed by atoms with E-state index in [1.807, 2.05) is 6.92 Å². The van der Waals surface area contributed by atoms with Crippen LogP contribution in [0, 0.1) is 19.8 Å². The molecule has 1 aliphatic carbocycles. The molecule has 4 heteroatoms. The summed E-state index contributed by atoms with van der Waals surface area (Å²) < 4.78 is 0. The highest BCUT2D eigenvalue weighted by atomic mass is 15.1. The molecule has 0 aliphatic heterocycles. The quantitative estimate of drug-likeness (QED) is 0.812. The first-order valence-electron chi connectivity index (χ1n) is 7.01. The molecular weight excluding hydrogens is 224 g/mol. The third-order valence-electron chi connectivity index (χ3n) is 3.51. The van der Waals surface area contributed by atoms with Gasteiger partial charge in [-0.15, -0.1) is 0 Å². The summed E-state index contributed by atoms with van der Waals surface area (Å²) in [5, 5.41) is 6.86. The summed E-state index contributed by atoms with van der Waals surface area (Å²) in [6.07, 6.45) is 3.88. The Labute approximate surface area is 110 Å². The van der Waals surface area contributed by atoms with E-state index >= 15 is 0 Å². The van der Waals surface area contributed by atoms with Gasteiger partial charge in [0.2, 0.25) is 0 Å². The standard InChI is InChI=1S/C14H24N4/c1-5-7-11-8-12(11)18-14-9(3)13(15-6-2)16-10(4)17-14/h11-12H,5-8H2,1-4H3,(H2,15,16,17,18).